The molecule has 0 aromatic carbocycles. The third kappa shape index (κ3) is 2.18. The largest absolute Gasteiger partial charge is 0.371 e. The molecule has 2 aliphatic rings. The maximum atomic E-state index is 13.9. The third-order valence-electron chi connectivity index (χ3n) is 3.55. The van der Waals surface area contributed by atoms with E-state index in [2.05, 4.69) is 18.7 Å². The lowest BCUT2D eigenvalue weighted by Crippen LogP contribution is -2.41. The van der Waals surface area contributed by atoms with Crippen molar-refractivity contribution in [2.24, 2.45) is 0 Å². The van der Waals surface area contributed by atoms with Gasteiger partial charge in [-0.15, -0.1) is 0 Å². The van der Waals surface area contributed by atoms with Crippen LogP contribution in [0.3, 0.4) is 0 Å². The average Bonchev–Trinajstić information content (AvgIpc) is 2.73. The zero-order chi connectivity index (χ0) is 11.3. The number of likely N-dealkylation sites (N-methyl/N-ethyl adjacent to an activating group) is 1. The quantitative estimate of drug-likeness (QED) is 0.716. The molecule has 2 atom stereocenters. The normalized spacial score (nSPS) is 40.0. The van der Waals surface area contributed by atoms with E-state index >= 15 is 0 Å². The average molecular weight is 215 g/mol. The lowest BCUT2D eigenvalue weighted by atomic mass is 9.99. The lowest BCUT2D eigenvalue weighted by molar-refractivity contribution is -0.0513. The molecule has 2 rings (SSSR count). The van der Waals surface area contributed by atoms with Crippen LogP contribution in [0.2, 0.25) is 0 Å². The van der Waals surface area contributed by atoms with E-state index in [9.17, 15) is 4.39 Å². The molecule has 1 aliphatic carbocycles. The van der Waals surface area contributed by atoms with Gasteiger partial charge < -0.3 is 4.74 Å². The van der Waals surface area contributed by atoms with Crippen LogP contribution < -0.4 is 0 Å². The molecule has 0 amide bonds. The van der Waals surface area contributed by atoms with Crippen LogP contribution in [0.4, 0.5) is 4.39 Å². The van der Waals surface area contributed by atoms with Crippen molar-refractivity contribution in [2.75, 3.05) is 13.6 Å². The Balaban J connectivity index is 2.05. The maximum absolute atomic E-state index is 13.9. The van der Waals surface area contributed by atoms with Gasteiger partial charge in [0, 0.05) is 19.0 Å². The first-order valence-corrected chi connectivity index (χ1v) is 5.92. The second-order valence-electron chi connectivity index (χ2n) is 5.78. The van der Waals surface area contributed by atoms with Gasteiger partial charge in [-0.1, -0.05) is 0 Å². The molecule has 1 aliphatic heterocycles. The first kappa shape index (κ1) is 11.3. The Labute approximate surface area is 91.8 Å². The summed E-state index contributed by atoms with van der Waals surface area (Å²) in [7, 11) is 2.01. The Morgan fingerprint density at radius 1 is 1.40 bits per heavy atom. The summed E-state index contributed by atoms with van der Waals surface area (Å²) in [4.78, 5) is 2.13. The Hall–Kier alpha value is -0.150. The van der Waals surface area contributed by atoms with E-state index < -0.39 is 5.67 Å². The summed E-state index contributed by atoms with van der Waals surface area (Å²) in [6.45, 7) is 6.36. The molecule has 2 nitrogen and oxygen atoms in total. The van der Waals surface area contributed by atoms with E-state index in [1.807, 2.05) is 7.05 Å². The summed E-state index contributed by atoms with van der Waals surface area (Å²) >= 11 is 0. The third-order valence-corrected chi connectivity index (χ3v) is 3.55. The fraction of sp³-hybridized carbons (Fsp3) is 1.00. The van der Waals surface area contributed by atoms with Crippen LogP contribution in [0.25, 0.3) is 0 Å². The van der Waals surface area contributed by atoms with Crippen LogP contribution in [0, 0.1) is 0 Å². The van der Waals surface area contributed by atoms with E-state index in [-0.39, 0.29) is 17.7 Å². The van der Waals surface area contributed by atoms with Gasteiger partial charge in [0.05, 0.1) is 11.7 Å². The molecule has 0 N–H and O–H groups in total. The monoisotopic (exact) mass is 215 g/mol. The van der Waals surface area contributed by atoms with Gasteiger partial charge in [-0.05, 0) is 40.7 Å². The Morgan fingerprint density at radius 3 is 2.33 bits per heavy atom. The predicted octanol–water partition coefficient (Wildman–Crippen LogP) is 2.38. The molecular weight excluding hydrogens is 193 g/mol. The summed E-state index contributed by atoms with van der Waals surface area (Å²) in [6.07, 6.45) is 3.05. The standard InChI is InChI=1S/C12H22FNO/c1-9(2)15-12(5-6-12)10-7-11(3,13)8-14(10)4/h9-10H,5-8H2,1-4H3. The molecule has 0 radical (unpaired) electrons. The van der Waals surface area contributed by atoms with Gasteiger partial charge >= 0.3 is 0 Å². The number of halogens is 1. The van der Waals surface area contributed by atoms with Gasteiger partial charge in [0.2, 0.25) is 0 Å². The van der Waals surface area contributed by atoms with Gasteiger partial charge in [0.15, 0.2) is 0 Å². The lowest BCUT2D eigenvalue weighted by Gasteiger charge is -2.30. The SMILES string of the molecule is CC(C)OC1(C2CC(C)(F)CN2C)CC1. The van der Waals surface area contributed by atoms with Gasteiger partial charge in [0.1, 0.15) is 5.67 Å². The van der Waals surface area contributed by atoms with Crippen LogP contribution in [0.15, 0.2) is 0 Å². The van der Waals surface area contributed by atoms with Gasteiger partial charge in [-0.2, -0.15) is 0 Å². The highest BCUT2D eigenvalue weighted by Gasteiger charge is 2.57. The van der Waals surface area contributed by atoms with Crippen molar-refractivity contribution in [2.45, 2.75) is 63.4 Å². The number of alkyl halides is 1. The predicted molar refractivity (Wildman–Crippen MR) is 58.7 cm³/mol. The van der Waals surface area contributed by atoms with Crippen molar-refractivity contribution in [3.63, 3.8) is 0 Å². The molecule has 1 heterocycles. The minimum atomic E-state index is -1.03. The molecule has 88 valence electrons. The fourth-order valence-electron chi connectivity index (χ4n) is 2.96. The Kier molecular flexibility index (Phi) is 2.59. The number of nitrogens with zero attached hydrogens (tertiary/aromatic N) is 1. The minimum absolute atomic E-state index is 0.0350. The number of hydrogen-bond donors (Lipinski definition) is 0. The highest BCUT2D eigenvalue weighted by Crippen LogP contribution is 2.50. The van der Waals surface area contributed by atoms with Crippen molar-refractivity contribution in [3.8, 4) is 0 Å². The van der Waals surface area contributed by atoms with Crippen molar-refractivity contribution < 1.29 is 9.13 Å². The number of hydrogen-bond acceptors (Lipinski definition) is 2. The zero-order valence-corrected chi connectivity index (χ0v) is 10.2. The molecule has 0 aromatic rings. The number of rotatable bonds is 3. The van der Waals surface area contributed by atoms with Gasteiger partial charge in [-0.3, -0.25) is 4.90 Å². The molecular formula is C12H22FNO. The molecule has 2 fully saturated rings. The summed E-state index contributed by atoms with van der Waals surface area (Å²) in [5.74, 6) is 0. The molecule has 15 heavy (non-hydrogen) atoms. The van der Waals surface area contributed by atoms with Crippen LogP contribution in [-0.4, -0.2) is 41.9 Å². The first-order chi connectivity index (χ1) is 6.85. The van der Waals surface area contributed by atoms with Gasteiger partial charge in [-0.25, -0.2) is 4.39 Å². The summed E-state index contributed by atoms with van der Waals surface area (Å²) < 4.78 is 19.9. The van der Waals surface area contributed by atoms with Crippen molar-refractivity contribution in [1.29, 1.82) is 0 Å². The molecule has 0 bridgehead atoms. The first-order valence-electron chi connectivity index (χ1n) is 5.92. The van der Waals surface area contributed by atoms with Crippen LogP contribution >= 0.6 is 0 Å². The molecule has 0 spiro atoms. The van der Waals surface area contributed by atoms with Crippen LogP contribution in [0.5, 0.6) is 0 Å². The fourth-order valence-corrected chi connectivity index (χ4v) is 2.96. The Morgan fingerprint density at radius 2 is 2.00 bits per heavy atom. The second kappa shape index (κ2) is 3.42. The molecule has 0 aromatic heterocycles. The summed E-state index contributed by atoms with van der Waals surface area (Å²) in [5, 5.41) is 0. The van der Waals surface area contributed by atoms with E-state index in [0.717, 1.165) is 12.8 Å². The van der Waals surface area contributed by atoms with Crippen LogP contribution in [0.1, 0.15) is 40.0 Å². The highest BCUT2D eigenvalue weighted by molar-refractivity contribution is 5.11. The maximum Gasteiger partial charge on any atom is 0.122 e. The van der Waals surface area contributed by atoms with E-state index in [0.29, 0.717) is 13.0 Å². The zero-order valence-electron chi connectivity index (χ0n) is 10.2. The second-order valence-corrected chi connectivity index (χ2v) is 5.78. The highest BCUT2D eigenvalue weighted by atomic mass is 19.1. The van der Waals surface area contributed by atoms with E-state index in [1.54, 1.807) is 6.92 Å². The number of ether oxygens (including phenoxy) is 1. The molecule has 1 saturated carbocycles. The van der Waals surface area contributed by atoms with Crippen molar-refractivity contribution >= 4 is 0 Å². The van der Waals surface area contributed by atoms with E-state index in [1.165, 1.54) is 0 Å². The minimum Gasteiger partial charge on any atom is -0.371 e. The van der Waals surface area contributed by atoms with Gasteiger partial charge in [0.25, 0.3) is 0 Å². The molecule has 2 unspecified atom stereocenters. The molecule has 3 heteroatoms. The number of likely N-dealkylation sites (tertiary alicyclic amines) is 1. The summed E-state index contributed by atoms with van der Waals surface area (Å²) in [5.41, 5.74) is -1.07. The van der Waals surface area contributed by atoms with Crippen molar-refractivity contribution in [1.82, 2.24) is 4.90 Å². The van der Waals surface area contributed by atoms with Crippen molar-refractivity contribution in [3.05, 3.63) is 0 Å². The molecule has 1 saturated heterocycles. The van der Waals surface area contributed by atoms with Crippen LogP contribution in [-0.2, 0) is 4.74 Å². The topological polar surface area (TPSA) is 12.5 Å². The van der Waals surface area contributed by atoms with E-state index in [4.69, 9.17) is 4.74 Å². The Bertz CT molecular complexity index is 248. The summed E-state index contributed by atoms with van der Waals surface area (Å²) in [6, 6.07) is 0.273. The smallest absolute Gasteiger partial charge is 0.122 e.